The van der Waals surface area contributed by atoms with Crippen LogP contribution in [0.2, 0.25) is 0 Å². The Bertz CT molecular complexity index is 4110. The molecule has 328 valence electrons. The zero-order chi connectivity index (χ0) is 46.3. The number of fused-ring (bicyclic) bond motifs is 18. The van der Waals surface area contributed by atoms with Crippen LogP contribution >= 0.6 is 0 Å². The monoisotopic (exact) mass is 891 g/mol. The highest BCUT2D eigenvalue weighted by atomic mass is 16.3. The third kappa shape index (κ3) is 5.23. The highest BCUT2D eigenvalue weighted by molar-refractivity contribution is 6.20. The van der Waals surface area contributed by atoms with Crippen LogP contribution < -0.4 is 4.90 Å². The van der Waals surface area contributed by atoms with Crippen LogP contribution in [-0.4, -0.2) is 0 Å². The van der Waals surface area contributed by atoms with Gasteiger partial charge in [0.15, 0.2) is 0 Å². The van der Waals surface area contributed by atoms with Crippen molar-refractivity contribution in [1.29, 1.82) is 0 Å². The Kier molecular flexibility index (Phi) is 8.08. The molecule has 2 heteroatoms. The largest absolute Gasteiger partial charge is 0.455 e. The standard InChI is InChI=1S/C68H45NO/c1-67(2)57-28-14-10-24-50(57)54-36-33-45(40-61(54)67)69(46-34-37-55-53-27-13-17-31-60(53)68(62(55)41-46)58-29-15-11-25-51(58)52-26-12-16-30-59(52)68)63-38-44(48-22-9-8-21-47(48)42-18-4-3-5-19-42)39-64-65(63)56-35-32-43-20-6-7-23-49(43)66(56)70-64/h3-41H,1-2H3. The van der Waals surface area contributed by atoms with Crippen molar-refractivity contribution in [2.45, 2.75) is 24.7 Å². The summed E-state index contributed by atoms with van der Waals surface area (Å²) in [6.07, 6.45) is 0. The summed E-state index contributed by atoms with van der Waals surface area (Å²) in [7, 11) is 0. The Morgan fingerprint density at radius 3 is 1.47 bits per heavy atom. The second kappa shape index (κ2) is 14.4. The molecule has 0 radical (unpaired) electrons. The Balaban J connectivity index is 1.06. The molecule has 0 N–H and O–H groups in total. The lowest BCUT2D eigenvalue weighted by Crippen LogP contribution is -2.26. The number of benzene rings is 11. The maximum Gasteiger partial charge on any atom is 0.143 e. The number of anilines is 3. The lowest BCUT2D eigenvalue weighted by molar-refractivity contribution is 0.660. The smallest absolute Gasteiger partial charge is 0.143 e. The van der Waals surface area contributed by atoms with E-state index in [1.165, 1.54) is 77.9 Å². The molecule has 2 nitrogen and oxygen atoms in total. The SMILES string of the molecule is CC1(C)c2ccccc2-c2ccc(N(c3ccc4c(c3)C3(c5ccccc5-c5ccccc53)c3ccccc3-4)c3cc(-c4ccccc4-c4ccccc4)cc4oc5c6ccccc6ccc5c34)cc21. The molecule has 0 fully saturated rings. The summed E-state index contributed by atoms with van der Waals surface area (Å²) in [5, 5.41) is 4.44. The van der Waals surface area contributed by atoms with Gasteiger partial charge in [-0.15, -0.1) is 0 Å². The van der Waals surface area contributed by atoms with E-state index in [1.807, 2.05) is 0 Å². The number of furan rings is 1. The lowest BCUT2D eigenvalue weighted by atomic mass is 9.70. The van der Waals surface area contributed by atoms with Gasteiger partial charge in [0, 0.05) is 27.6 Å². The first-order valence-corrected chi connectivity index (χ1v) is 24.5. The lowest BCUT2D eigenvalue weighted by Gasteiger charge is -2.33. The van der Waals surface area contributed by atoms with E-state index in [1.54, 1.807) is 0 Å². The average molecular weight is 892 g/mol. The van der Waals surface area contributed by atoms with Gasteiger partial charge in [-0.05, 0) is 137 Å². The highest BCUT2D eigenvalue weighted by Crippen LogP contribution is 2.64. The van der Waals surface area contributed by atoms with Gasteiger partial charge in [0.1, 0.15) is 11.2 Å². The molecule has 0 bridgehead atoms. The zero-order valence-electron chi connectivity index (χ0n) is 38.9. The van der Waals surface area contributed by atoms with Gasteiger partial charge in [0.25, 0.3) is 0 Å². The van der Waals surface area contributed by atoms with Gasteiger partial charge in [-0.25, -0.2) is 0 Å². The third-order valence-electron chi connectivity index (χ3n) is 16.1. The Hall–Kier alpha value is -8.72. The molecule has 15 rings (SSSR count). The summed E-state index contributed by atoms with van der Waals surface area (Å²) < 4.78 is 7.23. The van der Waals surface area contributed by atoms with Gasteiger partial charge in [-0.2, -0.15) is 0 Å². The predicted octanol–water partition coefficient (Wildman–Crippen LogP) is 18.2. The molecule has 1 spiro atoms. The van der Waals surface area contributed by atoms with Gasteiger partial charge < -0.3 is 9.32 Å². The first-order valence-electron chi connectivity index (χ1n) is 24.5. The minimum atomic E-state index is -0.505. The van der Waals surface area contributed by atoms with Crippen LogP contribution in [0.3, 0.4) is 0 Å². The van der Waals surface area contributed by atoms with Gasteiger partial charge in [-0.1, -0.05) is 208 Å². The van der Waals surface area contributed by atoms with Gasteiger partial charge in [-0.3, -0.25) is 0 Å². The molecule has 12 aromatic rings. The van der Waals surface area contributed by atoms with Crippen molar-refractivity contribution in [3.8, 4) is 55.6 Å². The molecule has 70 heavy (non-hydrogen) atoms. The summed E-state index contributed by atoms with van der Waals surface area (Å²) in [5.74, 6) is 0. The van der Waals surface area contributed by atoms with Crippen molar-refractivity contribution < 1.29 is 4.42 Å². The van der Waals surface area contributed by atoms with Crippen LogP contribution in [0, 0.1) is 0 Å². The number of hydrogen-bond acceptors (Lipinski definition) is 2. The van der Waals surface area contributed by atoms with Crippen molar-refractivity contribution >= 4 is 49.8 Å². The minimum Gasteiger partial charge on any atom is -0.455 e. The second-order valence-corrected chi connectivity index (χ2v) is 19.9. The molecule has 0 atom stereocenters. The summed E-state index contributed by atoms with van der Waals surface area (Å²) in [5.41, 5.74) is 24.6. The predicted molar refractivity (Wildman–Crippen MR) is 291 cm³/mol. The zero-order valence-corrected chi connectivity index (χ0v) is 38.9. The van der Waals surface area contributed by atoms with E-state index < -0.39 is 5.41 Å². The van der Waals surface area contributed by atoms with Crippen molar-refractivity contribution in [2.75, 3.05) is 4.90 Å². The number of hydrogen-bond donors (Lipinski definition) is 0. The van der Waals surface area contributed by atoms with Crippen LogP contribution in [0.5, 0.6) is 0 Å². The highest BCUT2D eigenvalue weighted by Gasteiger charge is 2.51. The van der Waals surface area contributed by atoms with E-state index >= 15 is 0 Å². The van der Waals surface area contributed by atoms with Crippen LogP contribution in [0.25, 0.3) is 88.3 Å². The normalized spacial score (nSPS) is 14.1. The summed E-state index contributed by atoms with van der Waals surface area (Å²) in [6.45, 7) is 4.76. The number of rotatable bonds is 5. The molecule has 0 aliphatic heterocycles. The fourth-order valence-corrected chi connectivity index (χ4v) is 13.0. The maximum atomic E-state index is 7.23. The molecule has 1 heterocycles. The van der Waals surface area contributed by atoms with Crippen molar-refractivity contribution in [3.63, 3.8) is 0 Å². The van der Waals surface area contributed by atoms with Crippen LogP contribution in [-0.2, 0) is 10.8 Å². The molecule has 3 aliphatic rings. The molecule has 3 aliphatic carbocycles. The van der Waals surface area contributed by atoms with Gasteiger partial charge in [0.05, 0.1) is 16.5 Å². The molecule has 1 aromatic heterocycles. The molecule has 0 amide bonds. The first-order chi connectivity index (χ1) is 34.5. The first kappa shape index (κ1) is 39.3. The van der Waals surface area contributed by atoms with E-state index in [9.17, 15) is 0 Å². The summed E-state index contributed by atoms with van der Waals surface area (Å²) in [6, 6.07) is 88.1. The van der Waals surface area contributed by atoms with E-state index in [0.717, 1.165) is 60.9 Å². The van der Waals surface area contributed by atoms with E-state index in [-0.39, 0.29) is 5.41 Å². The molecule has 0 saturated carbocycles. The van der Waals surface area contributed by atoms with Crippen LogP contribution in [0.15, 0.2) is 241 Å². The second-order valence-electron chi connectivity index (χ2n) is 19.9. The fourth-order valence-electron chi connectivity index (χ4n) is 13.0. The number of nitrogens with zero attached hydrogens (tertiary/aromatic N) is 1. The van der Waals surface area contributed by atoms with Crippen molar-refractivity contribution in [1.82, 2.24) is 0 Å². The Morgan fingerprint density at radius 2 is 0.829 bits per heavy atom. The topological polar surface area (TPSA) is 16.4 Å². The van der Waals surface area contributed by atoms with E-state index in [2.05, 4.69) is 255 Å². The van der Waals surface area contributed by atoms with Crippen LogP contribution in [0.4, 0.5) is 17.1 Å². The minimum absolute atomic E-state index is 0.207. The fraction of sp³-hybridized carbons (Fsp3) is 0.0588. The Labute approximate surface area is 407 Å². The summed E-state index contributed by atoms with van der Waals surface area (Å²) in [4.78, 5) is 2.55. The molecule has 0 saturated heterocycles. The van der Waals surface area contributed by atoms with Crippen molar-refractivity contribution in [3.05, 3.63) is 270 Å². The van der Waals surface area contributed by atoms with Crippen molar-refractivity contribution in [2.24, 2.45) is 0 Å². The molecule has 11 aromatic carbocycles. The molecular weight excluding hydrogens is 847 g/mol. The summed E-state index contributed by atoms with van der Waals surface area (Å²) >= 11 is 0. The van der Waals surface area contributed by atoms with E-state index in [4.69, 9.17) is 4.42 Å². The van der Waals surface area contributed by atoms with Gasteiger partial charge in [0.2, 0.25) is 0 Å². The molecule has 0 unspecified atom stereocenters. The third-order valence-corrected chi connectivity index (χ3v) is 16.1. The van der Waals surface area contributed by atoms with Gasteiger partial charge >= 0.3 is 0 Å². The molecular formula is C68H45NO. The quantitative estimate of drug-likeness (QED) is 0.171. The van der Waals surface area contributed by atoms with Crippen LogP contribution in [0.1, 0.15) is 47.2 Å². The van der Waals surface area contributed by atoms with E-state index in [0.29, 0.717) is 0 Å². The maximum absolute atomic E-state index is 7.23. The average Bonchev–Trinajstić information content (AvgIpc) is 4.11. The Morgan fingerprint density at radius 1 is 0.343 bits per heavy atom.